The van der Waals surface area contributed by atoms with Gasteiger partial charge in [-0.05, 0) is 30.5 Å². The van der Waals surface area contributed by atoms with Crippen LogP contribution < -0.4 is 5.32 Å². The van der Waals surface area contributed by atoms with Gasteiger partial charge in [0.15, 0.2) is 0 Å². The molecule has 1 aliphatic rings. The number of nitrogens with one attached hydrogen (secondary N) is 1. The van der Waals surface area contributed by atoms with Gasteiger partial charge < -0.3 is 10.1 Å². The maximum atomic E-state index is 12.9. The van der Waals surface area contributed by atoms with Crippen molar-refractivity contribution in [1.82, 2.24) is 14.8 Å². The number of hydrogen-bond acceptors (Lipinski definition) is 6. The summed E-state index contributed by atoms with van der Waals surface area (Å²) in [6.45, 7) is 4.20. The minimum Gasteiger partial charge on any atom is -0.462 e. The maximum Gasteiger partial charge on any atom is 0.338 e. The van der Waals surface area contributed by atoms with E-state index in [1.165, 1.54) is 11.8 Å². The SMILES string of the molecule is CCCOC(=O)C1=C(C)Nc2nc(SCc3ccccc3Cl)nn2C1/C=C/c1ccccc1. The summed E-state index contributed by atoms with van der Waals surface area (Å²) < 4.78 is 7.21. The van der Waals surface area contributed by atoms with Gasteiger partial charge in [0.2, 0.25) is 11.1 Å². The predicted octanol–water partition coefficient (Wildman–Crippen LogP) is 6.13. The first kappa shape index (κ1) is 23.1. The van der Waals surface area contributed by atoms with Crippen molar-refractivity contribution < 1.29 is 9.53 Å². The number of carbonyl (C=O) groups is 1. The fraction of sp³-hybridized carbons (Fsp3) is 0.240. The number of esters is 1. The number of fused-ring (bicyclic) bond motifs is 1. The van der Waals surface area contributed by atoms with Gasteiger partial charge in [-0.3, -0.25) is 0 Å². The standard InChI is InChI=1S/C25H25ClN4O2S/c1-3-15-32-23(31)22-17(2)27-24-28-25(33-16-19-11-7-8-12-20(19)26)29-30(24)21(22)14-13-18-9-5-4-6-10-18/h4-14,21H,3,15-16H2,1-2H3,(H,27,28,29)/b14-13+. The smallest absolute Gasteiger partial charge is 0.338 e. The third-order valence-electron chi connectivity index (χ3n) is 5.12. The van der Waals surface area contributed by atoms with Crippen LogP contribution in [0.1, 0.15) is 37.4 Å². The Labute approximate surface area is 202 Å². The van der Waals surface area contributed by atoms with Gasteiger partial charge in [-0.1, -0.05) is 91.0 Å². The van der Waals surface area contributed by atoms with Crippen LogP contribution in [-0.2, 0) is 15.3 Å². The summed E-state index contributed by atoms with van der Waals surface area (Å²) in [6.07, 6.45) is 4.70. The first-order valence-corrected chi connectivity index (χ1v) is 12.1. The number of hydrogen-bond donors (Lipinski definition) is 1. The summed E-state index contributed by atoms with van der Waals surface area (Å²) in [7, 11) is 0. The van der Waals surface area contributed by atoms with Gasteiger partial charge in [-0.2, -0.15) is 4.98 Å². The number of halogens is 1. The molecule has 0 saturated carbocycles. The van der Waals surface area contributed by atoms with Crippen LogP contribution in [-0.4, -0.2) is 27.3 Å². The molecule has 1 N–H and O–H groups in total. The highest BCUT2D eigenvalue weighted by Crippen LogP contribution is 2.34. The number of rotatable bonds is 8. The van der Waals surface area contributed by atoms with Crippen LogP contribution >= 0.6 is 23.4 Å². The lowest BCUT2D eigenvalue weighted by atomic mass is 10.0. The van der Waals surface area contributed by atoms with Crippen LogP contribution in [0.4, 0.5) is 5.95 Å². The summed E-state index contributed by atoms with van der Waals surface area (Å²) in [6, 6.07) is 17.2. The molecule has 0 spiro atoms. The Morgan fingerprint density at radius 3 is 2.73 bits per heavy atom. The number of aromatic nitrogens is 3. The van der Waals surface area contributed by atoms with Crippen LogP contribution in [0.5, 0.6) is 0 Å². The van der Waals surface area contributed by atoms with Gasteiger partial charge in [0.1, 0.15) is 6.04 Å². The molecule has 0 amide bonds. The Hall–Kier alpha value is -3.03. The van der Waals surface area contributed by atoms with Gasteiger partial charge in [0.05, 0.1) is 12.2 Å². The molecule has 2 aromatic carbocycles. The zero-order valence-electron chi connectivity index (χ0n) is 18.5. The molecular formula is C25H25ClN4O2S. The average Bonchev–Trinajstić information content (AvgIpc) is 3.23. The Kier molecular flexibility index (Phi) is 7.52. The second-order valence-electron chi connectivity index (χ2n) is 7.56. The van der Waals surface area contributed by atoms with Gasteiger partial charge in [-0.15, -0.1) is 5.10 Å². The number of carbonyl (C=O) groups excluding carboxylic acids is 1. The molecule has 170 valence electrons. The van der Waals surface area contributed by atoms with E-state index in [1.54, 1.807) is 4.68 Å². The van der Waals surface area contributed by atoms with E-state index in [2.05, 4.69) is 10.3 Å². The fourth-order valence-corrected chi connectivity index (χ4v) is 4.59. The summed E-state index contributed by atoms with van der Waals surface area (Å²) >= 11 is 7.79. The summed E-state index contributed by atoms with van der Waals surface area (Å²) in [5.74, 6) is 0.880. The second-order valence-corrected chi connectivity index (χ2v) is 8.91. The van der Waals surface area contributed by atoms with Crippen molar-refractivity contribution in [2.75, 3.05) is 11.9 Å². The number of nitrogens with zero attached hydrogens (tertiary/aromatic N) is 3. The molecule has 0 fully saturated rings. The van der Waals surface area contributed by atoms with Gasteiger partial charge in [-0.25, -0.2) is 9.48 Å². The third-order valence-corrected chi connectivity index (χ3v) is 6.37. The first-order valence-electron chi connectivity index (χ1n) is 10.8. The molecule has 3 aromatic rings. The van der Waals surface area contributed by atoms with Crippen molar-refractivity contribution in [3.05, 3.63) is 88.1 Å². The van der Waals surface area contributed by atoms with Crippen molar-refractivity contribution in [3.63, 3.8) is 0 Å². The van der Waals surface area contributed by atoms with Crippen LogP contribution in [0.2, 0.25) is 5.02 Å². The number of allylic oxidation sites excluding steroid dienone is 2. The van der Waals surface area contributed by atoms with Crippen LogP contribution in [0.3, 0.4) is 0 Å². The molecule has 1 atom stereocenters. The summed E-state index contributed by atoms with van der Waals surface area (Å²) in [4.78, 5) is 17.6. The van der Waals surface area contributed by atoms with Gasteiger partial charge in [0.25, 0.3) is 0 Å². The first-order chi connectivity index (χ1) is 16.1. The molecule has 4 rings (SSSR count). The van der Waals surface area contributed by atoms with E-state index in [9.17, 15) is 4.79 Å². The molecule has 33 heavy (non-hydrogen) atoms. The molecule has 0 radical (unpaired) electrons. The van der Waals surface area contributed by atoms with E-state index in [-0.39, 0.29) is 5.97 Å². The maximum absolute atomic E-state index is 12.9. The molecule has 2 heterocycles. The van der Waals surface area contributed by atoms with E-state index in [0.717, 1.165) is 17.5 Å². The van der Waals surface area contributed by atoms with E-state index >= 15 is 0 Å². The third kappa shape index (κ3) is 5.49. The minimum atomic E-state index is -0.437. The highest BCUT2D eigenvalue weighted by molar-refractivity contribution is 7.98. The van der Waals surface area contributed by atoms with Gasteiger partial charge in [0, 0.05) is 16.5 Å². The molecule has 8 heteroatoms. The average molecular weight is 481 g/mol. The molecule has 6 nitrogen and oxygen atoms in total. The van der Waals surface area contributed by atoms with Gasteiger partial charge >= 0.3 is 5.97 Å². The topological polar surface area (TPSA) is 69.0 Å². The summed E-state index contributed by atoms with van der Waals surface area (Å²) in [5.41, 5.74) is 3.28. The van der Waals surface area contributed by atoms with E-state index in [1.807, 2.05) is 80.6 Å². The van der Waals surface area contributed by atoms with Crippen molar-refractivity contribution >= 4 is 41.4 Å². The number of thioether (sulfide) groups is 1. The molecule has 0 aliphatic carbocycles. The van der Waals surface area contributed by atoms with E-state index in [0.29, 0.717) is 39.8 Å². The Morgan fingerprint density at radius 1 is 1.21 bits per heavy atom. The summed E-state index contributed by atoms with van der Waals surface area (Å²) in [5, 5.41) is 9.25. The van der Waals surface area contributed by atoms with Crippen LogP contribution in [0, 0.1) is 0 Å². The van der Waals surface area contributed by atoms with Crippen molar-refractivity contribution in [2.45, 2.75) is 37.2 Å². The minimum absolute atomic E-state index is 0.351. The monoisotopic (exact) mass is 480 g/mol. The highest BCUT2D eigenvalue weighted by atomic mass is 35.5. The van der Waals surface area contributed by atoms with Crippen molar-refractivity contribution in [2.24, 2.45) is 0 Å². The molecule has 0 bridgehead atoms. The molecule has 1 unspecified atom stereocenters. The molecular weight excluding hydrogens is 456 g/mol. The highest BCUT2D eigenvalue weighted by Gasteiger charge is 2.32. The van der Waals surface area contributed by atoms with E-state index < -0.39 is 6.04 Å². The van der Waals surface area contributed by atoms with E-state index in [4.69, 9.17) is 21.4 Å². The molecule has 1 aromatic heterocycles. The van der Waals surface area contributed by atoms with Crippen LogP contribution in [0.25, 0.3) is 6.08 Å². The largest absolute Gasteiger partial charge is 0.462 e. The van der Waals surface area contributed by atoms with Crippen molar-refractivity contribution in [3.8, 4) is 0 Å². The Bertz CT molecular complexity index is 1190. The number of benzene rings is 2. The zero-order chi connectivity index (χ0) is 23.2. The van der Waals surface area contributed by atoms with Crippen molar-refractivity contribution in [1.29, 1.82) is 0 Å². The number of anilines is 1. The molecule has 1 aliphatic heterocycles. The van der Waals surface area contributed by atoms with Crippen LogP contribution in [0.15, 0.2) is 77.1 Å². The lowest BCUT2D eigenvalue weighted by Crippen LogP contribution is -2.28. The Morgan fingerprint density at radius 2 is 1.97 bits per heavy atom. The molecule has 0 saturated heterocycles. The fourth-order valence-electron chi connectivity index (χ4n) is 3.47. The lowest BCUT2D eigenvalue weighted by Gasteiger charge is -2.25. The second kappa shape index (κ2) is 10.7. The zero-order valence-corrected chi connectivity index (χ0v) is 20.1. The predicted molar refractivity (Wildman–Crippen MR) is 133 cm³/mol. The lowest BCUT2D eigenvalue weighted by molar-refractivity contribution is -0.139. The quantitative estimate of drug-likeness (QED) is 0.309. The Balaban J connectivity index is 1.63. The normalized spacial score (nSPS) is 15.4. The number of ether oxygens (including phenoxy) is 1.